The van der Waals surface area contributed by atoms with Crippen LogP contribution in [0.25, 0.3) is 0 Å². The topological polar surface area (TPSA) is 72.9 Å². The van der Waals surface area contributed by atoms with Gasteiger partial charge in [-0.25, -0.2) is 13.6 Å². The Hall–Kier alpha value is -2.06. The smallest absolute Gasteiger partial charge is 0.324 e. The van der Waals surface area contributed by atoms with Crippen molar-refractivity contribution in [1.29, 1.82) is 0 Å². The van der Waals surface area contributed by atoms with E-state index in [-0.39, 0.29) is 31.6 Å². The zero-order valence-electron chi connectivity index (χ0n) is 12.3. The van der Waals surface area contributed by atoms with Crippen molar-refractivity contribution in [2.45, 2.75) is 18.6 Å². The summed E-state index contributed by atoms with van der Waals surface area (Å²) in [4.78, 5) is 26.4. The number of aliphatic hydroxyl groups excluding tert-OH is 1. The molecule has 2 heterocycles. The van der Waals surface area contributed by atoms with Crippen molar-refractivity contribution in [3.8, 4) is 0 Å². The van der Waals surface area contributed by atoms with Gasteiger partial charge in [0.05, 0.1) is 12.6 Å². The van der Waals surface area contributed by atoms with Crippen LogP contribution >= 0.6 is 0 Å². The van der Waals surface area contributed by atoms with Crippen molar-refractivity contribution in [2.24, 2.45) is 0 Å². The van der Waals surface area contributed by atoms with Crippen LogP contribution in [0.5, 0.6) is 0 Å². The Bertz CT molecular complexity index is 640. The molecule has 8 heteroatoms. The first-order chi connectivity index (χ1) is 11.0. The molecule has 1 aromatic carbocycles. The second kappa shape index (κ2) is 6.21. The zero-order valence-corrected chi connectivity index (χ0v) is 12.3. The van der Waals surface area contributed by atoms with E-state index in [1.165, 1.54) is 0 Å². The fourth-order valence-corrected chi connectivity index (χ4v) is 3.12. The second-order valence-corrected chi connectivity index (χ2v) is 5.78. The first-order valence-electron chi connectivity index (χ1n) is 7.41. The quantitative estimate of drug-likeness (QED) is 0.855. The van der Waals surface area contributed by atoms with E-state index in [4.69, 9.17) is 0 Å². The van der Waals surface area contributed by atoms with Crippen molar-refractivity contribution in [3.63, 3.8) is 0 Å². The molecule has 3 rings (SSSR count). The van der Waals surface area contributed by atoms with Crippen LogP contribution in [0.4, 0.5) is 13.6 Å². The highest BCUT2D eigenvalue weighted by molar-refractivity contribution is 5.96. The van der Waals surface area contributed by atoms with Crippen LogP contribution in [0.2, 0.25) is 0 Å². The summed E-state index contributed by atoms with van der Waals surface area (Å²) < 4.78 is 27.4. The Labute approximate surface area is 131 Å². The van der Waals surface area contributed by atoms with Gasteiger partial charge in [0.2, 0.25) is 5.91 Å². The lowest BCUT2D eigenvalue weighted by molar-refractivity contribution is -0.129. The molecule has 124 valence electrons. The van der Waals surface area contributed by atoms with E-state index in [0.29, 0.717) is 6.54 Å². The third-order valence-electron chi connectivity index (χ3n) is 4.19. The Morgan fingerprint density at radius 1 is 1.39 bits per heavy atom. The zero-order chi connectivity index (χ0) is 16.6. The van der Waals surface area contributed by atoms with E-state index in [1.54, 1.807) is 4.90 Å². The average molecular weight is 325 g/mol. The summed E-state index contributed by atoms with van der Waals surface area (Å²) in [6.45, 7) is 0.717. The van der Waals surface area contributed by atoms with Crippen LogP contribution in [-0.2, 0) is 4.79 Å². The number of likely N-dealkylation sites (tertiary alicyclic amines) is 1. The summed E-state index contributed by atoms with van der Waals surface area (Å²) in [5, 5.41) is 12.4. The van der Waals surface area contributed by atoms with Crippen molar-refractivity contribution in [2.75, 3.05) is 26.2 Å². The Morgan fingerprint density at radius 3 is 2.87 bits per heavy atom. The predicted molar refractivity (Wildman–Crippen MR) is 76.4 cm³/mol. The molecule has 0 aliphatic carbocycles. The molecule has 2 aliphatic rings. The number of β-amino-alcohol motifs (C(OH)–C–C–N with tert-alkyl or cyclic N) is 1. The number of imide groups is 1. The highest BCUT2D eigenvalue weighted by atomic mass is 19.1. The molecule has 0 unspecified atom stereocenters. The largest absolute Gasteiger partial charge is 0.392 e. The van der Waals surface area contributed by atoms with Crippen LogP contribution in [0.1, 0.15) is 18.0 Å². The summed E-state index contributed by atoms with van der Waals surface area (Å²) in [6, 6.07) is 2.08. The highest BCUT2D eigenvalue weighted by Gasteiger charge is 2.37. The van der Waals surface area contributed by atoms with Gasteiger partial charge in [-0.05, 0) is 24.6 Å². The lowest BCUT2D eigenvalue weighted by Crippen LogP contribution is -2.42. The van der Waals surface area contributed by atoms with Gasteiger partial charge in [0, 0.05) is 31.2 Å². The molecule has 3 amide bonds. The second-order valence-electron chi connectivity index (χ2n) is 5.78. The summed E-state index contributed by atoms with van der Waals surface area (Å²) in [7, 11) is 0. The van der Waals surface area contributed by atoms with Crippen molar-refractivity contribution in [1.82, 2.24) is 15.1 Å². The maximum atomic E-state index is 14.0. The maximum absolute atomic E-state index is 14.0. The molecule has 6 nitrogen and oxygen atoms in total. The van der Waals surface area contributed by atoms with Gasteiger partial charge < -0.3 is 10.4 Å². The van der Waals surface area contributed by atoms with E-state index >= 15 is 0 Å². The molecule has 0 radical (unpaired) electrons. The molecular formula is C15H17F2N3O3. The molecule has 1 aromatic rings. The molecule has 2 atom stereocenters. The van der Waals surface area contributed by atoms with Crippen molar-refractivity contribution >= 4 is 11.9 Å². The van der Waals surface area contributed by atoms with E-state index in [0.717, 1.165) is 23.1 Å². The number of carbonyl (C=O) groups excluding carboxylic acids is 2. The van der Waals surface area contributed by atoms with Gasteiger partial charge >= 0.3 is 6.03 Å². The number of urea groups is 1. The molecule has 23 heavy (non-hydrogen) atoms. The number of amides is 3. The SMILES string of the molecule is O=C(CN1C[C@H](O)C[C@@H]1c1cc(F)ccc1F)N1CCNC1=O. The molecule has 0 saturated carbocycles. The fourth-order valence-electron chi connectivity index (χ4n) is 3.12. The number of carbonyl (C=O) groups is 2. The van der Waals surface area contributed by atoms with Gasteiger partial charge in [-0.1, -0.05) is 0 Å². The monoisotopic (exact) mass is 325 g/mol. The number of nitrogens with one attached hydrogen (secondary N) is 1. The lowest BCUT2D eigenvalue weighted by atomic mass is 10.0. The van der Waals surface area contributed by atoms with E-state index in [9.17, 15) is 23.5 Å². The summed E-state index contributed by atoms with van der Waals surface area (Å²) in [6.07, 6.45) is -0.525. The van der Waals surface area contributed by atoms with Crippen LogP contribution in [-0.4, -0.2) is 59.1 Å². The van der Waals surface area contributed by atoms with E-state index < -0.39 is 35.7 Å². The van der Waals surface area contributed by atoms with Gasteiger partial charge in [0.25, 0.3) is 0 Å². The molecule has 0 spiro atoms. The van der Waals surface area contributed by atoms with Gasteiger partial charge in [-0.15, -0.1) is 0 Å². The fraction of sp³-hybridized carbons (Fsp3) is 0.467. The Morgan fingerprint density at radius 2 is 2.17 bits per heavy atom. The minimum atomic E-state index is -0.733. The first kappa shape index (κ1) is 15.8. The third-order valence-corrected chi connectivity index (χ3v) is 4.19. The standard InChI is InChI=1S/C15H17F2N3O3/c16-9-1-2-12(17)11(5-9)13-6-10(21)7-19(13)8-14(22)20-4-3-18-15(20)23/h1-2,5,10,13,21H,3-4,6-8H2,(H,18,23)/t10-,13-/m1/s1. The van der Waals surface area contributed by atoms with Gasteiger partial charge in [0.15, 0.2) is 0 Å². The number of benzene rings is 1. The number of hydrogen-bond acceptors (Lipinski definition) is 4. The van der Waals surface area contributed by atoms with Crippen molar-refractivity contribution in [3.05, 3.63) is 35.4 Å². The lowest BCUT2D eigenvalue weighted by Gasteiger charge is -2.25. The third kappa shape index (κ3) is 3.18. The number of hydrogen-bond donors (Lipinski definition) is 2. The molecule has 2 saturated heterocycles. The summed E-state index contributed by atoms with van der Waals surface area (Å²) >= 11 is 0. The van der Waals surface area contributed by atoms with E-state index in [1.807, 2.05) is 0 Å². The van der Waals surface area contributed by atoms with Gasteiger partial charge in [0.1, 0.15) is 11.6 Å². The highest BCUT2D eigenvalue weighted by Crippen LogP contribution is 2.33. The van der Waals surface area contributed by atoms with Crippen molar-refractivity contribution < 1.29 is 23.5 Å². The molecular weight excluding hydrogens is 308 g/mol. The summed E-state index contributed by atoms with van der Waals surface area (Å²) in [5.74, 6) is -1.58. The van der Waals surface area contributed by atoms with Gasteiger partial charge in [-0.3, -0.25) is 14.6 Å². The predicted octanol–water partition coefficient (Wildman–Crippen LogP) is 0.624. The number of rotatable bonds is 3. The molecule has 0 aromatic heterocycles. The minimum absolute atomic E-state index is 0.111. The number of halogens is 2. The van der Waals surface area contributed by atoms with Crippen LogP contribution < -0.4 is 5.32 Å². The first-order valence-corrected chi connectivity index (χ1v) is 7.41. The van der Waals surface area contributed by atoms with E-state index in [2.05, 4.69) is 5.32 Å². The van der Waals surface area contributed by atoms with Crippen LogP contribution in [0.15, 0.2) is 18.2 Å². The Balaban J connectivity index is 1.78. The molecule has 2 N–H and O–H groups in total. The van der Waals surface area contributed by atoms with Crippen LogP contribution in [0, 0.1) is 11.6 Å². The van der Waals surface area contributed by atoms with Gasteiger partial charge in [-0.2, -0.15) is 0 Å². The molecule has 2 aliphatic heterocycles. The maximum Gasteiger partial charge on any atom is 0.324 e. The average Bonchev–Trinajstić information content (AvgIpc) is 3.07. The summed E-state index contributed by atoms with van der Waals surface area (Å²) in [5.41, 5.74) is 0.111. The minimum Gasteiger partial charge on any atom is -0.392 e. The number of aliphatic hydroxyl groups is 1. The molecule has 0 bridgehead atoms. The van der Waals surface area contributed by atoms with Crippen LogP contribution in [0.3, 0.4) is 0 Å². The number of nitrogens with zero attached hydrogens (tertiary/aromatic N) is 2. The Kier molecular flexibility index (Phi) is 4.27. The molecule has 2 fully saturated rings. The normalized spacial score (nSPS) is 25.0.